The molecule has 0 amide bonds. The third-order valence-electron chi connectivity index (χ3n) is 19.8. The van der Waals surface area contributed by atoms with Crippen LogP contribution in [-0.2, 0) is 5.41 Å². The van der Waals surface area contributed by atoms with E-state index in [1.54, 1.807) is 19.1 Å². The van der Waals surface area contributed by atoms with Crippen molar-refractivity contribution < 1.29 is 19.2 Å². The van der Waals surface area contributed by atoms with Crippen LogP contribution in [0.15, 0.2) is 48.5 Å². The molecule has 7 fully saturated rings. The van der Waals surface area contributed by atoms with Gasteiger partial charge in [0.2, 0.25) is 0 Å². The van der Waals surface area contributed by atoms with Crippen LogP contribution in [0.1, 0.15) is 391 Å². The molecule has 0 heterocycles. The van der Waals surface area contributed by atoms with E-state index in [9.17, 15) is 0 Å². The van der Waals surface area contributed by atoms with Gasteiger partial charge in [-0.15, -0.1) is 0 Å². The van der Waals surface area contributed by atoms with Crippen LogP contribution in [0.2, 0.25) is 0 Å². The summed E-state index contributed by atoms with van der Waals surface area (Å²) in [5.41, 5.74) is 11.4. The molecule has 3 aromatic rings. The first-order chi connectivity index (χ1) is 44.5. The molecular formula is C85H150. The zero-order chi connectivity index (χ0) is 76.5. The molecule has 7 aliphatic carbocycles. The topological polar surface area (TPSA) is 0 Å². The van der Waals surface area contributed by atoms with E-state index in [0.29, 0.717) is 38.7 Å². The Labute approximate surface area is 555 Å². The van der Waals surface area contributed by atoms with Crippen LogP contribution in [0.5, 0.6) is 0 Å². The second-order valence-corrected chi connectivity index (χ2v) is 32.3. The average Bonchev–Trinajstić information content (AvgIpc) is 0.915. The summed E-state index contributed by atoms with van der Waals surface area (Å²) >= 11 is 0. The summed E-state index contributed by atoms with van der Waals surface area (Å²) in [4.78, 5) is 0. The molecule has 490 valence electrons. The first-order valence-electron chi connectivity index (χ1n) is 41.8. The summed E-state index contributed by atoms with van der Waals surface area (Å²) in [7, 11) is 0. The second kappa shape index (κ2) is 39.0. The molecule has 0 aromatic heterocycles. The van der Waals surface area contributed by atoms with Crippen molar-refractivity contribution in [2.75, 3.05) is 0 Å². The fourth-order valence-corrected chi connectivity index (χ4v) is 14.2. The Bertz CT molecular complexity index is 2740. The Morgan fingerprint density at radius 3 is 1.29 bits per heavy atom. The van der Waals surface area contributed by atoms with Gasteiger partial charge in [0.05, 0.1) is 0 Å². The SMILES string of the molecule is [2H]C(C)(C)c1cc(C(C)(C)C)ccc1C.[2H]C([2H])(C)C1CCCC1.[2H]C([2H])([2H])c1cc(C)cc(C)c1C.[2H]C([2H])([2H])c1cc(C)ccc1C.[2H]C1(C)CC(C)(C)CC(C)(C)C1.[2H]C1(C)CCC(C)(C)CC1.[2H]C1(C)CCC2(CCCCC2)CC1.[2H]C1(C)CCCC1.[2H]C1(C)CCCCC1. The van der Waals surface area contributed by atoms with E-state index in [1.165, 1.54) is 120 Å². The maximum absolute atomic E-state index is 8.14. The summed E-state index contributed by atoms with van der Waals surface area (Å²) in [5, 5.41) is 0. The maximum Gasteiger partial charge on any atom is 0.0347 e. The van der Waals surface area contributed by atoms with Gasteiger partial charge >= 0.3 is 0 Å². The van der Waals surface area contributed by atoms with Crippen molar-refractivity contribution in [1.82, 2.24) is 0 Å². The Balaban J connectivity index is 0.000000382. The van der Waals surface area contributed by atoms with Gasteiger partial charge in [0, 0.05) is 19.2 Å². The minimum absolute atomic E-state index is 0.0556. The Kier molecular flexibility index (Phi) is 26.5. The van der Waals surface area contributed by atoms with Gasteiger partial charge in [-0.1, -0.05) is 312 Å². The van der Waals surface area contributed by atoms with E-state index in [2.05, 4.69) is 108 Å². The van der Waals surface area contributed by atoms with Crippen molar-refractivity contribution in [3.63, 3.8) is 0 Å². The molecule has 1 spiro atoms. The van der Waals surface area contributed by atoms with Gasteiger partial charge in [-0.25, -0.2) is 0 Å². The zero-order valence-electron chi connectivity index (χ0n) is 74.7. The van der Waals surface area contributed by atoms with Crippen LogP contribution >= 0.6 is 0 Å². The standard InChI is InChI=1S/C14H22.C12H22.C11H22.C10H14.C9H18.C9H12.2C7H14.C6H12/c1-10(2)13-9-12(14(4,5)6)8-7-11(13)3;1-11-5-9-12(10-6-11)7-3-2-4-8-12;1-9-6-10(2,3)8-11(4,5)7-9;1-7-5-8(2)10(4)9(3)6-7;1-8-4-6-9(2,3)7-5-8;1-7-4-5-8(2)9(3)6-7;1-7-5-3-2-4-6-7;1-2-7-5-3-4-6-7;1-6-4-2-3-5-6/h7-10H,1-6H3;11H,2-10H2,1H3;9H,6-8H2,1-5H3;5-6H,1-4H3;8H,4-7H2,1-3H3;4-6H,1-3H3;2*7H,2-6H2,1H3;6H,2-5H2,1H3/i10D;11D;9D;2D3;8D;3D3;7D;2D2;6D. The summed E-state index contributed by atoms with van der Waals surface area (Å²) in [6, 6.07) is 15.7. The predicted octanol–water partition coefficient (Wildman–Crippen LogP) is 28.5. The number of hydrogen-bond acceptors (Lipinski definition) is 0. The lowest BCUT2D eigenvalue weighted by Gasteiger charge is -2.44. The summed E-state index contributed by atoms with van der Waals surface area (Å²) in [6.45, 7) is 43.9. The van der Waals surface area contributed by atoms with Crippen LogP contribution in [-0.4, -0.2) is 0 Å². The van der Waals surface area contributed by atoms with Gasteiger partial charge in [-0.05, 0) is 226 Å². The monoisotopic (exact) mass is 1190 g/mol. The molecule has 0 unspecified atom stereocenters. The Hall–Kier alpha value is -2.34. The highest BCUT2D eigenvalue weighted by Gasteiger charge is 2.37. The van der Waals surface area contributed by atoms with Gasteiger partial charge < -0.3 is 0 Å². The van der Waals surface area contributed by atoms with E-state index < -0.39 is 26.0 Å². The van der Waals surface area contributed by atoms with Gasteiger partial charge in [-0.3, -0.25) is 0 Å². The van der Waals surface area contributed by atoms with Gasteiger partial charge in [0.1, 0.15) is 0 Å². The minimum atomic E-state index is -1.99. The average molecular weight is 1190 g/mol. The molecule has 7 saturated carbocycles. The number of benzene rings is 3. The molecule has 0 nitrogen and oxygen atoms in total. The van der Waals surface area contributed by atoms with Crippen molar-refractivity contribution in [1.29, 1.82) is 0 Å². The van der Waals surface area contributed by atoms with Crippen LogP contribution < -0.4 is 0 Å². The third kappa shape index (κ3) is 33.9. The van der Waals surface area contributed by atoms with Gasteiger partial charge in [0.25, 0.3) is 0 Å². The molecule has 3 aromatic carbocycles. The van der Waals surface area contributed by atoms with Crippen LogP contribution in [0.3, 0.4) is 0 Å². The van der Waals surface area contributed by atoms with E-state index in [0.717, 1.165) is 110 Å². The molecule has 0 heteroatoms. The minimum Gasteiger partial charge on any atom is -0.0651 e. The first-order valence-corrected chi connectivity index (χ1v) is 34.8. The lowest BCUT2D eigenvalue weighted by molar-refractivity contribution is 0.0754. The van der Waals surface area contributed by atoms with Crippen molar-refractivity contribution in [2.45, 2.75) is 377 Å². The van der Waals surface area contributed by atoms with E-state index >= 15 is 0 Å². The van der Waals surface area contributed by atoms with Crippen LogP contribution in [0, 0.1) is 112 Å². The van der Waals surface area contributed by atoms with E-state index in [4.69, 9.17) is 19.2 Å². The van der Waals surface area contributed by atoms with E-state index in [-0.39, 0.29) is 34.9 Å². The van der Waals surface area contributed by atoms with Crippen molar-refractivity contribution in [3.8, 4) is 0 Å². The quantitative estimate of drug-likeness (QED) is 0.240. The van der Waals surface area contributed by atoms with Crippen molar-refractivity contribution >= 4 is 0 Å². The molecule has 0 bridgehead atoms. The number of rotatable bonds is 2. The molecule has 10 rings (SSSR count). The molecule has 7 aliphatic rings. The van der Waals surface area contributed by atoms with Crippen LogP contribution in [0.4, 0.5) is 0 Å². The Morgan fingerprint density at radius 2 is 0.894 bits per heavy atom. The number of aryl methyl sites for hydroxylation is 7. The highest BCUT2D eigenvalue weighted by molar-refractivity contribution is 5.37. The molecule has 85 heavy (non-hydrogen) atoms. The van der Waals surface area contributed by atoms with Gasteiger partial charge in [-0.2, -0.15) is 0 Å². The molecular weight excluding hydrogens is 1020 g/mol. The first kappa shape index (κ1) is 57.8. The third-order valence-corrected chi connectivity index (χ3v) is 19.8. The fraction of sp³-hybridized carbons (Fsp3) is 0.788. The van der Waals surface area contributed by atoms with Crippen molar-refractivity contribution in [3.05, 3.63) is 104 Å². The molecule has 0 saturated heterocycles. The molecule has 0 atom stereocenters. The molecule has 0 aliphatic heterocycles. The highest BCUT2D eigenvalue weighted by atomic mass is 14.4. The maximum atomic E-state index is 8.14. The summed E-state index contributed by atoms with van der Waals surface area (Å²) in [6.07, 6.45) is 34.9. The lowest BCUT2D eigenvalue weighted by Crippen LogP contribution is -2.32. The summed E-state index contributed by atoms with van der Waals surface area (Å²) < 4.78 is 106. The highest BCUT2D eigenvalue weighted by Crippen LogP contribution is 2.49. The smallest absolute Gasteiger partial charge is 0.0347 e. The fourth-order valence-electron chi connectivity index (χ4n) is 14.2. The second-order valence-electron chi connectivity index (χ2n) is 32.3. The number of hydrogen-bond donors (Lipinski definition) is 0. The summed E-state index contributed by atoms with van der Waals surface area (Å²) in [5.74, 6) is -0.704. The largest absolute Gasteiger partial charge is 0.0651 e. The Morgan fingerprint density at radius 1 is 0.471 bits per heavy atom. The van der Waals surface area contributed by atoms with Crippen molar-refractivity contribution in [2.24, 2.45) is 57.0 Å². The normalized spacial score (nSPS) is 26.2. The van der Waals surface area contributed by atoms with Crippen LogP contribution in [0.25, 0.3) is 0 Å². The molecule has 0 N–H and O–H groups in total. The van der Waals surface area contributed by atoms with Gasteiger partial charge in [0.15, 0.2) is 0 Å². The predicted molar refractivity (Wildman–Crippen MR) is 387 cm³/mol. The van der Waals surface area contributed by atoms with E-state index in [1.807, 2.05) is 80.5 Å². The zero-order valence-corrected chi connectivity index (χ0v) is 60.7. The lowest BCUT2D eigenvalue weighted by atomic mass is 9.62. The molecule has 0 radical (unpaired) electrons.